The van der Waals surface area contributed by atoms with Crippen molar-refractivity contribution in [2.24, 2.45) is 5.73 Å². The van der Waals surface area contributed by atoms with Gasteiger partial charge in [0.1, 0.15) is 0 Å². The monoisotopic (exact) mass is 196 g/mol. The van der Waals surface area contributed by atoms with Crippen LogP contribution in [0.5, 0.6) is 0 Å². The Kier molecular flexibility index (Phi) is 3.72. The Hall–Kier alpha value is -0.800. The van der Waals surface area contributed by atoms with Crippen LogP contribution in [0, 0.1) is 0 Å². The zero-order valence-corrected chi connectivity index (χ0v) is 9.29. The maximum atomic E-state index is 5.96. The molecular weight excluding hydrogens is 176 g/mol. The van der Waals surface area contributed by atoms with Crippen LogP contribution in [-0.2, 0) is 4.84 Å². The molecule has 0 bridgehead atoms. The molecule has 0 heterocycles. The molecule has 0 spiro atoms. The topological polar surface area (TPSA) is 38.5 Å². The van der Waals surface area contributed by atoms with Gasteiger partial charge in [-0.15, -0.1) is 0 Å². The molecule has 80 valence electrons. The van der Waals surface area contributed by atoms with E-state index in [0.717, 1.165) is 18.7 Å². The van der Waals surface area contributed by atoms with Crippen LogP contribution in [0.2, 0.25) is 0 Å². The average molecular weight is 196 g/mol. The van der Waals surface area contributed by atoms with Gasteiger partial charge in [-0.2, -0.15) is 0 Å². The quantitative estimate of drug-likeness (QED) is 0.697. The molecule has 1 aliphatic carbocycles. The fourth-order valence-electron chi connectivity index (χ4n) is 1.43. The van der Waals surface area contributed by atoms with E-state index in [9.17, 15) is 0 Å². The van der Waals surface area contributed by atoms with Crippen LogP contribution in [-0.4, -0.2) is 23.8 Å². The van der Waals surface area contributed by atoms with E-state index in [0.29, 0.717) is 6.61 Å². The van der Waals surface area contributed by atoms with Crippen molar-refractivity contribution in [3.05, 3.63) is 23.9 Å². The molecule has 14 heavy (non-hydrogen) atoms. The Bertz CT molecular complexity index is 244. The lowest BCUT2D eigenvalue weighted by Gasteiger charge is -2.28. The minimum absolute atomic E-state index is 0.199. The van der Waals surface area contributed by atoms with E-state index in [1.165, 1.54) is 0 Å². The molecule has 0 aliphatic heterocycles. The summed E-state index contributed by atoms with van der Waals surface area (Å²) < 4.78 is 0. The molecule has 1 rings (SSSR count). The zero-order chi connectivity index (χ0) is 10.6. The highest BCUT2D eigenvalue weighted by molar-refractivity contribution is 5.26. The molecule has 0 aromatic rings. The number of hydrogen-bond acceptors (Lipinski definition) is 3. The standard InChI is InChI=1S/C11H20N2O/c1-4-13(14-5-2)10-6-8-11(3,12)9-7-10/h6-8H,4-5,9,12H2,1-3H3. The Labute approximate surface area is 86.2 Å². The molecule has 0 fully saturated rings. The highest BCUT2D eigenvalue weighted by Gasteiger charge is 2.18. The minimum Gasteiger partial charge on any atom is -0.322 e. The SMILES string of the molecule is CCON(CC)C1=CCC(C)(N)C=C1. The highest BCUT2D eigenvalue weighted by Crippen LogP contribution is 2.20. The van der Waals surface area contributed by atoms with Crippen LogP contribution in [0.1, 0.15) is 27.2 Å². The van der Waals surface area contributed by atoms with Crippen LogP contribution in [0.3, 0.4) is 0 Å². The van der Waals surface area contributed by atoms with Gasteiger partial charge < -0.3 is 5.73 Å². The lowest BCUT2D eigenvalue weighted by Crippen LogP contribution is -2.35. The van der Waals surface area contributed by atoms with Gasteiger partial charge in [0.15, 0.2) is 0 Å². The molecule has 1 aliphatic rings. The number of allylic oxidation sites excluding steroid dienone is 1. The Balaban J connectivity index is 2.62. The van der Waals surface area contributed by atoms with E-state index in [-0.39, 0.29) is 5.54 Å². The third-order valence-corrected chi connectivity index (χ3v) is 2.25. The molecule has 3 heteroatoms. The average Bonchev–Trinajstić information content (AvgIpc) is 2.15. The van der Waals surface area contributed by atoms with Crippen LogP contribution in [0.15, 0.2) is 23.9 Å². The first-order chi connectivity index (χ1) is 6.59. The van der Waals surface area contributed by atoms with Crippen LogP contribution in [0.25, 0.3) is 0 Å². The summed E-state index contributed by atoms with van der Waals surface area (Å²) in [6.07, 6.45) is 7.05. The Morgan fingerprint density at radius 2 is 2.29 bits per heavy atom. The maximum Gasteiger partial charge on any atom is 0.0720 e. The lowest BCUT2D eigenvalue weighted by molar-refractivity contribution is -0.120. The summed E-state index contributed by atoms with van der Waals surface area (Å²) in [7, 11) is 0. The second-order valence-corrected chi connectivity index (χ2v) is 3.78. The normalized spacial score (nSPS) is 26.1. The lowest BCUT2D eigenvalue weighted by atomic mass is 9.94. The van der Waals surface area contributed by atoms with Gasteiger partial charge in [0.05, 0.1) is 12.3 Å². The van der Waals surface area contributed by atoms with Gasteiger partial charge in [-0.3, -0.25) is 9.90 Å². The summed E-state index contributed by atoms with van der Waals surface area (Å²) in [6, 6.07) is 0. The first kappa shape index (κ1) is 11.3. The summed E-state index contributed by atoms with van der Waals surface area (Å²) in [6.45, 7) is 7.63. The van der Waals surface area contributed by atoms with Crippen molar-refractivity contribution in [2.45, 2.75) is 32.7 Å². The van der Waals surface area contributed by atoms with Crippen LogP contribution < -0.4 is 5.73 Å². The zero-order valence-electron chi connectivity index (χ0n) is 9.29. The molecule has 0 radical (unpaired) electrons. The van der Waals surface area contributed by atoms with Gasteiger partial charge in [-0.25, -0.2) is 0 Å². The van der Waals surface area contributed by atoms with E-state index in [4.69, 9.17) is 10.6 Å². The van der Waals surface area contributed by atoms with Gasteiger partial charge in [0, 0.05) is 12.1 Å². The fraction of sp³-hybridized carbons (Fsp3) is 0.636. The molecule has 2 N–H and O–H groups in total. The largest absolute Gasteiger partial charge is 0.322 e. The van der Waals surface area contributed by atoms with Crippen molar-refractivity contribution in [2.75, 3.05) is 13.2 Å². The number of hydroxylamine groups is 2. The van der Waals surface area contributed by atoms with Gasteiger partial charge in [0.2, 0.25) is 0 Å². The predicted molar refractivity (Wildman–Crippen MR) is 58.4 cm³/mol. The van der Waals surface area contributed by atoms with Gasteiger partial charge in [0.25, 0.3) is 0 Å². The fourth-order valence-corrected chi connectivity index (χ4v) is 1.43. The summed E-state index contributed by atoms with van der Waals surface area (Å²) in [4.78, 5) is 5.47. The number of nitrogens with zero attached hydrogens (tertiary/aromatic N) is 1. The minimum atomic E-state index is -0.199. The van der Waals surface area contributed by atoms with Crippen molar-refractivity contribution in [3.63, 3.8) is 0 Å². The number of likely N-dealkylation sites (N-methyl/N-ethyl adjacent to an activating group) is 1. The number of nitrogens with two attached hydrogens (primary N) is 1. The Morgan fingerprint density at radius 3 is 2.71 bits per heavy atom. The van der Waals surface area contributed by atoms with E-state index in [1.807, 2.05) is 31.1 Å². The molecular formula is C11H20N2O. The second kappa shape index (κ2) is 4.62. The van der Waals surface area contributed by atoms with E-state index >= 15 is 0 Å². The molecule has 0 aromatic carbocycles. The molecule has 0 aromatic heterocycles. The van der Waals surface area contributed by atoms with Crippen molar-refractivity contribution in [3.8, 4) is 0 Å². The molecule has 1 atom stereocenters. The second-order valence-electron chi connectivity index (χ2n) is 3.78. The van der Waals surface area contributed by atoms with E-state index < -0.39 is 0 Å². The smallest absolute Gasteiger partial charge is 0.0720 e. The van der Waals surface area contributed by atoms with Crippen LogP contribution in [0.4, 0.5) is 0 Å². The third kappa shape index (κ3) is 2.86. The first-order valence-corrected chi connectivity index (χ1v) is 5.18. The predicted octanol–water partition coefficient (Wildman–Crippen LogP) is 1.82. The van der Waals surface area contributed by atoms with Gasteiger partial charge in [-0.05, 0) is 33.3 Å². The summed E-state index contributed by atoms with van der Waals surface area (Å²) >= 11 is 0. The number of rotatable bonds is 4. The molecule has 1 unspecified atom stereocenters. The van der Waals surface area contributed by atoms with Gasteiger partial charge in [-0.1, -0.05) is 12.2 Å². The van der Waals surface area contributed by atoms with Crippen molar-refractivity contribution in [1.29, 1.82) is 0 Å². The van der Waals surface area contributed by atoms with E-state index in [2.05, 4.69) is 13.0 Å². The van der Waals surface area contributed by atoms with Crippen molar-refractivity contribution >= 4 is 0 Å². The Morgan fingerprint density at radius 1 is 1.57 bits per heavy atom. The molecule has 0 amide bonds. The molecule has 0 saturated heterocycles. The number of hydrogen-bond donors (Lipinski definition) is 1. The third-order valence-electron chi connectivity index (χ3n) is 2.25. The van der Waals surface area contributed by atoms with Crippen LogP contribution >= 0.6 is 0 Å². The molecule has 0 saturated carbocycles. The first-order valence-electron chi connectivity index (χ1n) is 5.18. The van der Waals surface area contributed by atoms with E-state index in [1.54, 1.807) is 0 Å². The molecule has 3 nitrogen and oxygen atoms in total. The summed E-state index contributed by atoms with van der Waals surface area (Å²) in [5.41, 5.74) is 6.87. The highest BCUT2D eigenvalue weighted by atomic mass is 16.7. The summed E-state index contributed by atoms with van der Waals surface area (Å²) in [5, 5.41) is 1.89. The van der Waals surface area contributed by atoms with Crippen molar-refractivity contribution in [1.82, 2.24) is 5.06 Å². The maximum absolute atomic E-state index is 5.96. The summed E-state index contributed by atoms with van der Waals surface area (Å²) in [5.74, 6) is 0. The van der Waals surface area contributed by atoms with Crippen molar-refractivity contribution < 1.29 is 4.84 Å². The van der Waals surface area contributed by atoms with Gasteiger partial charge >= 0.3 is 0 Å².